The largest absolute Gasteiger partial charge is 0.320 e. The minimum absolute atomic E-state index is 0.0192. The van der Waals surface area contributed by atoms with E-state index < -0.39 is 11.7 Å². The number of para-hydroxylation sites is 1. The second kappa shape index (κ2) is 9.39. The van der Waals surface area contributed by atoms with Crippen molar-refractivity contribution in [2.45, 2.75) is 39.5 Å². The first-order valence-corrected chi connectivity index (χ1v) is 9.81. The van der Waals surface area contributed by atoms with E-state index >= 15 is 0 Å². The van der Waals surface area contributed by atoms with Gasteiger partial charge >= 0.3 is 0 Å². The first kappa shape index (κ1) is 21.3. The Bertz CT molecular complexity index is 1120. The maximum Gasteiger partial charge on any atom is 0.256 e. The van der Waals surface area contributed by atoms with Crippen molar-refractivity contribution in [3.63, 3.8) is 0 Å². The fourth-order valence-electron chi connectivity index (χ4n) is 3.41. The van der Waals surface area contributed by atoms with Crippen LogP contribution in [-0.4, -0.2) is 22.5 Å². The molecule has 0 aliphatic carbocycles. The predicted molar refractivity (Wildman–Crippen MR) is 114 cm³/mol. The number of Topliss-reactive ketones (excluding diaryl/α,β-unsaturated/α-hetero) is 2. The molecule has 0 unspecified atom stereocenters. The molecule has 0 bridgehead atoms. The molecule has 0 aliphatic heterocycles. The third kappa shape index (κ3) is 4.95. The van der Waals surface area contributed by atoms with Gasteiger partial charge in [-0.3, -0.25) is 9.78 Å². The molecule has 0 fully saturated rings. The first-order chi connectivity index (χ1) is 14.4. The van der Waals surface area contributed by atoms with Gasteiger partial charge < -0.3 is 14.9 Å². The lowest BCUT2D eigenvalue weighted by molar-refractivity contribution is -0.117. The lowest BCUT2D eigenvalue weighted by Gasteiger charge is -2.16. The van der Waals surface area contributed by atoms with Gasteiger partial charge in [-0.05, 0) is 50.5 Å². The molecular weight excluding hydrogens is 383 g/mol. The number of benzene rings is 2. The van der Waals surface area contributed by atoms with Crippen LogP contribution in [-0.2, 0) is 22.4 Å². The summed E-state index contributed by atoms with van der Waals surface area (Å²) in [5, 5.41) is 3.71. The highest BCUT2D eigenvalue weighted by molar-refractivity contribution is 6.10. The molecule has 0 saturated carbocycles. The number of hydrogen-bond acceptors (Lipinski definition) is 4. The van der Waals surface area contributed by atoms with Crippen LogP contribution in [0.5, 0.6) is 0 Å². The van der Waals surface area contributed by atoms with Crippen LogP contribution >= 0.6 is 0 Å². The normalized spacial score (nSPS) is 10.8. The van der Waals surface area contributed by atoms with Crippen LogP contribution in [0.3, 0.4) is 0 Å². The summed E-state index contributed by atoms with van der Waals surface area (Å²) in [6, 6.07) is 11.9. The van der Waals surface area contributed by atoms with Gasteiger partial charge in [-0.25, -0.2) is 4.39 Å². The highest BCUT2D eigenvalue weighted by Gasteiger charge is 2.21. The zero-order valence-electron chi connectivity index (χ0n) is 17.0. The van der Waals surface area contributed by atoms with Gasteiger partial charge in [-0.1, -0.05) is 24.3 Å². The number of carbonyl (C=O) groups is 3. The Morgan fingerprint density at radius 2 is 1.63 bits per heavy atom. The van der Waals surface area contributed by atoms with Crippen molar-refractivity contribution in [2.24, 2.45) is 0 Å². The fraction of sp³-hybridized carbons (Fsp3) is 0.250. The molecule has 0 aliphatic rings. The average Bonchev–Trinajstić information content (AvgIpc) is 2.71. The van der Waals surface area contributed by atoms with Crippen LogP contribution in [0.15, 0.2) is 48.7 Å². The van der Waals surface area contributed by atoms with Gasteiger partial charge in [0.2, 0.25) is 0 Å². The number of aromatic nitrogens is 1. The van der Waals surface area contributed by atoms with Gasteiger partial charge in [-0.2, -0.15) is 0 Å². The van der Waals surface area contributed by atoms with Gasteiger partial charge in [0.25, 0.3) is 5.91 Å². The Morgan fingerprint density at radius 3 is 2.37 bits per heavy atom. The van der Waals surface area contributed by atoms with E-state index in [1.807, 2.05) is 12.1 Å². The van der Waals surface area contributed by atoms with Gasteiger partial charge in [0.05, 0.1) is 11.2 Å². The summed E-state index contributed by atoms with van der Waals surface area (Å²) in [6.45, 7) is 2.90. The van der Waals surface area contributed by atoms with Crippen molar-refractivity contribution in [3.05, 3.63) is 71.2 Å². The SMILES string of the molecule is CC(=O)CCc1ccc(F)c(CCC(C)=O)c1C(=O)Nc1cccc2cccnc12. The van der Waals surface area contributed by atoms with E-state index in [1.54, 1.807) is 24.4 Å². The van der Waals surface area contributed by atoms with Crippen LogP contribution < -0.4 is 5.32 Å². The van der Waals surface area contributed by atoms with Crippen LogP contribution in [0.2, 0.25) is 0 Å². The number of nitrogens with one attached hydrogen (secondary N) is 1. The molecule has 0 radical (unpaired) electrons. The fourth-order valence-corrected chi connectivity index (χ4v) is 3.41. The molecule has 1 amide bonds. The number of nitrogens with zero attached hydrogens (tertiary/aromatic N) is 1. The highest BCUT2D eigenvalue weighted by Crippen LogP contribution is 2.26. The molecule has 3 rings (SSSR count). The van der Waals surface area contributed by atoms with E-state index in [2.05, 4.69) is 10.3 Å². The molecule has 6 heteroatoms. The second-order valence-electron chi connectivity index (χ2n) is 7.30. The molecule has 154 valence electrons. The summed E-state index contributed by atoms with van der Waals surface area (Å²) in [6.07, 6.45) is 2.44. The number of anilines is 1. The molecule has 30 heavy (non-hydrogen) atoms. The number of aryl methyl sites for hydroxylation is 1. The van der Waals surface area contributed by atoms with E-state index in [0.29, 0.717) is 23.2 Å². The van der Waals surface area contributed by atoms with Crippen molar-refractivity contribution >= 4 is 34.1 Å². The number of hydrogen-bond donors (Lipinski definition) is 1. The Balaban J connectivity index is 2.03. The standard InChI is InChI=1S/C24H23FN2O3/c1-15(28)8-10-17-11-13-20(25)19(12-9-16(2)29)22(17)24(30)27-21-7-3-5-18-6-4-14-26-23(18)21/h3-7,11,13-14H,8-10,12H2,1-2H3,(H,27,30). The quantitative estimate of drug-likeness (QED) is 0.590. The van der Waals surface area contributed by atoms with Crippen molar-refractivity contribution in [2.75, 3.05) is 5.32 Å². The van der Waals surface area contributed by atoms with Crippen LogP contribution in [0.4, 0.5) is 10.1 Å². The molecule has 1 N–H and O–H groups in total. The van der Waals surface area contributed by atoms with Gasteiger partial charge in [0, 0.05) is 35.6 Å². The van der Waals surface area contributed by atoms with Gasteiger partial charge in [0.15, 0.2) is 0 Å². The molecule has 1 heterocycles. The summed E-state index contributed by atoms with van der Waals surface area (Å²) >= 11 is 0. The number of halogens is 1. The minimum Gasteiger partial charge on any atom is -0.320 e. The van der Waals surface area contributed by atoms with Gasteiger partial charge in [0.1, 0.15) is 17.4 Å². The predicted octanol–water partition coefficient (Wildman–Crippen LogP) is 4.67. The molecule has 0 spiro atoms. The Labute approximate surface area is 174 Å². The first-order valence-electron chi connectivity index (χ1n) is 9.81. The van der Waals surface area contributed by atoms with Crippen molar-refractivity contribution in [3.8, 4) is 0 Å². The Hall–Kier alpha value is -3.41. The average molecular weight is 406 g/mol. The number of ketones is 2. The maximum atomic E-state index is 14.7. The van der Waals surface area contributed by atoms with E-state index in [1.165, 1.54) is 26.0 Å². The highest BCUT2D eigenvalue weighted by atomic mass is 19.1. The number of amides is 1. The van der Waals surface area contributed by atoms with E-state index in [-0.39, 0.29) is 42.0 Å². The Kier molecular flexibility index (Phi) is 6.67. The summed E-state index contributed by atoms with van der Waals surface area (Å²) in [5.41, 5.74) is 2.09. The third-order valence-corrected chi connectivity index (χ3v) is 4.92. The lowest BCUT2D eigenvalue weighted by atomic mass is 9.92. The topological polar surface area (TPSA) is 76.1 Å². The molecule has 1 aromatic heterocycles. The second-order valence-corrected chi connectivity index (χ2v) is 7.30. The summed E-state index contributed by atoms with van der Waals surface area (Å²) in [7, 11) is 0. The smallest absolute Gasteiger partial charge is 0.256 e. The zero-order chi connectivity index (χ0) is 21.7. The van der Waals surface area contributed by atoms with Crippen LogP contribution in [0, 0.1) is 5.82 Å². The molecular formula is C24H23FN2O3. The zero-order valence-corrected chi connectivity index (χ0v) is 17.0. The number of carbonyl (C=O) groups excluding carboxylic acids is 3. The molecule has 0 atom stereocenters. The molecule has 2 aromatic carbocycles. The number of pyridine rings is 1. The molecule has 0 saturated heterocycles. The maximum absolute atomic E-state index is 14.7. The number of fused-ring (bicyclic) bond motifs is 1. The van der Waals surface area contributed by atoms with Crippen molar-refractivity contribution in [1.29, 1.82) is 0 Å². The minimum atomic E-state index is -0.538. The van der Waals surface area contributed by atoms with Crippen molar-refractivity contribution in [1.82, 2.24) is 4.98 Å². The van der Waals surface area contributed by atoms with Crippen LogP contribution in [0.1, 0.15) is 48.2 Å². The van der Waals surface area contributed by atoms with E-state index in [9.17, 15) is 18.8 Å². The monoisotopic (exact) mass is 406 g/mol. The number of rotatable bonds is 8. The van der Waals surface area contributed by atoms with E-state index in [4.69, 9.17) is 0 Å². The third-order valence-electron chi connectivity index (χ3n) is 4.92. The van der Waals surface area contributed by atoms with Gasteiger partial charge in [-0.15, -0.1) is 0 Å². The Morgan fingerprint density at radius 1 is 0.933 bits per heavy atom. The van der Waals surface area contributed by atoms with Crippen LogP contribution in [0.25, 0.3) is 10.9 Å². The summed E-state index contributed by atoms with van der Waals surface area (Å²) < 4.78 is 14.7. The lowest BCUT2D eigenvalue weighted by Crippen LogP contribution is -2.19. The molecule has 3 aromatic rings. The van der Waals surface area contributed by atoms with E-state index in [0.717, 1.165) is 5.39 Å². The molecule has 5 nitrogen and oxygen atoms in total. The summed E-state index contributed by atoms with van der Waals surface area (Å²) in [5.74, 6) is -1.13. The summed E-state index contributed by atoms with van der Waals surface area (Å²) in [4.78, 5) is 40.5. The van der Waals surface area contributed by atoms with Crippen molar-refractivity contribution < 1.29 is 18.8 Å².